The first-order chi connectivity index (χ1) is 8.25. The molecule has 0 aliphatic carbocycles. The summed E-state index contributed by atoms with van der Waals surface area (Å²) in [5.74, 6) is -0.0687. The Morgan fingerprint density at radius 3 is 3.29 bits per heavy atom. The molecule has 94 valence electrons. The average molecular weight is 239 g/mol. The van der Waals surface area contributed by atoms with Gasteiger partial charge in [0.05, 0.1) is 24.9 Å². The highest BCUT2D eigenvalue weighted by atomic mass is 16.5. The predicted octanol–water partition coefficient (Wildman–Crippen LogP) is -0.392. The fourth-order valence-corrected chi connectivity index (χ4v) is 1.82. The van der Waals surface area contributed by atoms with Crippen LogP contribution in [0.3, 0.4) is 0 Å². The van der Waals surface area contributed by atoms with Crippen LogP contribution in [0.2, 0.25) is 0 Å². The predicted molar refractivity (Wildman–Crippen MR) is 60.3 cm³/mol. The molecule has 0 unspecified atom stereocenters. The minimum Gasteiger partial charge on any atom is -0.391 e. The van der Waals surface area contributed by atoms with E-state index in [9.17, 15) is 9.90 Å². The number of hydrogen-bond acceptors (Lipinski definition) is 4. The van der Waals surface area contributed by atoms with Gasteiger partial charge in [-0.05, 0) is 18.4 Å². The van der Waals surface area contributed by atoms with Crippen LogP contribution in [0.25, 0.3) is 0 Å². The molecule has 2 rings (SSSR count). The zero-order valence-corrected chi connectivity index (χ0v) is 9.56. The largest absolute Gasteiger partial charge is 0.391 e. The van der Waals surface area contributed by atoms with Gasteiger partial charge in [0.25, 0.3) is 0 Å². The fraction of sp³-hybridized carbons (Fsp3) is 0.636. The zero-order valence-electron chi connectivity index (χ0n) is 9.56. The van der Waals surface area contributed by atoms with E-state index in [1.807, 2.05) is 0 Å². The number of nitrogens with one attached hydrogen (secondary N) is 2. The number of aromatic nitrogens is 2. The van der Waals surface area contributed by atoms with Gasteiger partial charge in [0.1, 0.15) is 0 Å². The van der Waals surface area contributed by atoms with Crippen molar-refractivity contribution >= 4 is 5.91 Å². The third-order valence-electron chi connectivity index (χ3n) is 2.86. The summed E-state index contributed by atoms with van der Waals surface area (Å²) in [6, 6.07) is -0.277. The second-order valence-corrected chi connectivity index (χ2v) is 4.21. The van der Waals surface area contributed by atoms with E-state index in [1.165, 1.54) is 0 Å². The van der Waals surface area contributed by atoms with Crippen molar-refractivity contribution in [2.75, 3.05) is 13.2 Å². The molecule has 2 heterocycles. The quantitative estimate of drug-likeness (QED) is 0.667. The van der Waals surface area contributed by atoms with E-state index in [0.717, 1.165) is 5.56 Å². The maximum atomic E-state index is 11.6. The summed E-state index contributed by atoms with van der Waals surface area (Å²) in [6.07, 6.45) is 4.58. The highest BCUT2D eigenvalue weighted by Gasteiger charge is 2.24. The molecule has 1 aromatic rings. The second-order valence-electron chi connectivity index (χ2n) is 4.21. The van der Waals surface area contributed by atoms with Crippen LogP contribution >= 0.6 is 0 Å². The number of carbonyl (C=O) groups excluding carboxylic acids is 1. The lowest BCUT2D eigenvalue weighted by molar-refractivity contribution is -0.124. The van der Waals surface area contributed by atoms with Crippen molar-refractivity contribution in [3.8, 4) is 0 Å². The number of aromatic amines is 1. The molecule has 1 aliphatic heterocycles. The first kappa shape index (κ1) is 12.1. The number of hydrogen-bond donors (Lipinski definition) is 3. The highest BCUT2D eigenvalue weighted by molar-refractivity contribution is 5.76. The van der Waals surface area contributed by atoms with Crippen LogP contribution in [0.5, 0.6) is 0 Å². The number of aliphatic hydroxyl groups excluding tert-OH is 1. The van der Waals surface area contributed by atoms with Crippen molar-refractivity contribution < 1.29 is 14.6 Å². The topological polar surface area (TPSA) is 87.2 Å². The van der Waals surface area contributed by atoms with Gasteiger partial charge >= 0.3 is 0 Å². The molecule has 6 nitrogen and oxygen atoms in total. The van der Waals surface area contributed by atoms with Crippen LogP contribution in [-0.2, 0) is 16.0 Å². The summed E-state index contributed by atoms with van der Waals surface area (Å²) in [7, 11) is 0. The molecule has 1 saturated heterocycles. The number of aryl methyl sites for hydroxylation is 1. The molecule has 0 bridgehead atoms. The maximum Gasteiger partial charge on any atom is 0.220 e. The summed E-state index contributed by atoms with van der Waals surface area (Å²) in [6.45, 7) is 0.946. The molecule has 1 aliphatic rings. The van der Waals surface area contributed by atoms with E-state index in [2.05, 4.69) is 15.5 Å². The van der Waals surface area contributed by atoms with Gasteiger partial charge in [0, 0.05) is 19.2 Å². The first-order valence-corrected chi connectivity index (χ1v) is 5.78. The Morgan fingerprint density at radius 1 is 1.71 bits per heavy atom. The monoisotopic (exact) mass is 239 g/mol. The number of amides is 1. The third-order valence-corrected chi connectivity index (χ3v) is 2.86. The molecule has 1 fully saturated rings. The van der Waals surface area contributed by atoms with E-state index in [0.29, 0.717) is 32.5 Å². The first-order valence-electron chi connectivity index (χ1n) is 5.78. The Kier molecular flexibility index (Phi) is 4.11. The smallest absolute Gasteiger partial charge is 0.220 e. The Bertz CT molecular complexity index is 353. The van der Waals surface area contributed by atoms with Crippen LogP contribution in [0.1, 0.15) is 18.4 Å². The average Bonchev–Trinajstić information content (AvgIpc) is 2.82. The number of ether oxygens (including phenoxy) is 1. The summed E-state index contributed by atoms with van der Waals surface area (Å²) >= 11 is 0. The maximum absolute atomic E-state index is 11.6. The van der Waals surface area contributed by atoms with Crippen LogP contribution in [0.15, 0.2) is 12.4 Å². The van der Waals surface area contributed by atoms with Crippen molar-refractivity contribution in [3.63, 3.8) is 0 Å². The van der Waals surface area contributed by atoms with Gasteiger partial charge < -0.3 is 15.2 Å². The Morgan fingerprint density at radius 2 is 2.59 bits per heavy atom. The van der Waals surface area contributed by atoms with Gasteiger partial charge in [-0.15, -0.1) is 0 Å². The molecular formula is C11H17N3O3. The molecule has 2 atom stereocenters. The SMILES string of the molecule is O=C(CCc1cn[nH]c1)N[C@@H]1COCC[C@H]1O. The van der Waals surface area contributed by atoms with Crippen LogP contribution in [-0.4, -0.2) is 46.6 Å². The molecule has 0 saturated carbocycles. The molecule has 3 N–H and O–H groups in total. The molecule has 17 heavy (non-hydrogen) atoms. The fourth-order valence-electron chi connectivity index (χ4n) is 1.82. The summed E-state index contributed by atoms with van der Waals surface area (Å²) in [5, 5.41) is 19.0. The Labute approximate surface area is 99.4 Å². The molecule has 0 aromatic carbocycles. The van der Waals surface area contributed by atoms with Crippen LogP contribution in [0, 0.1) is 0 Å². The van der Waals surface area contributed by atoms with Crippen molar-refractivity contribution in [2.45, 2.75) is 31.4 Å². The summed E-state index contributed by atoms with van der Waals surface area (Å²) < 4.78 is 5.21. The summed E-state index contributed by atoms with van der Waals surface area (Å²) in [4.78, 5) is 11.6. The molecule has 1 aromatic heterocycles. The van der Waals surface area contributed by atoms with E-state index in [-0.39, 0.29) is 11.9 Å². The van der Waals surface area contributed by atoms with E-state index < -0.39 is 6.10 Å². The lowest BCUT2D eigenvalue weighted by Gasteiger charge is -2.28. The number of carbonyl (C=O) groups is 1. The number of aliphatic hydroxyl groups is 1. The van der Waals surface area contributed by atoms with Gasteiger partial charge in [-0.25, -0.2) is 0 Å². The number of H-pyrrole nitrogens is 1. The lowest BCUT2D eigenvalue weighted by atomic mass is 10.1. The highest BCUT2D eigenvalue weighted by Crippen LogP contribution is 2.08. The number of rotatable bonds is 4. The van der Waals surface area contributed by atoms with Crippen molar-refractivity contribution in [3.05, 3.63) is 18.0 Å². The molecule has 0 spiro atoms. The zero-order chi connectivity index (χ0) is 12.1. The minimum absolute atomic E-state index is 0.0687. The molecule has 6 heteroatoms. The Balaban J connectivity index is 1.73. The summed E-state index contributed by atoms with van der Waals surface area (Å²) in [5.41, 5.74) is 1.00. The van der Waals surface area contributed by atoms with Gasteiger partial charge in [-0.1, -0.05) is 0 Å². The second kappa shape index (κ2) is 5.79. The van der Waals surface area contributed by atoms with Crippen molar-refractivity contribution in [1.82, 2.24) is 15.5 Å². The molecular weight excluding hydrogens is 222 g/mol. The van der Waals surface area contributed by atoms with Gasteiger partial charge in [-0.2, -0.15) is 5.10 Å². The van der Waals surface area contributed by atoms with Crippen molar-refractivity contribution in [2.24, 2.45) is 0 Å². The normalized spacial score (nSPS) is 24.5. The van der Waals surface area contributed by atoms with Gasteiger partial charge in [-0.3, -0.25) is 9.89 Å². The van der Waals surface area contributed by atoms with E-state index in [1.54, 1.807) is 12.4 Å². The minimum atomic E-state index is -0.498. The number of nitrogens with zero attached hydrogens (tertiary/aromatic N) is 1. The third kappa shape index (κ3) is 3.54. The standard InChI is InChI=1S/C11H17N3O3/c15-10-3-4-17-7-9(10)14-11(16)2-1-8-5-12-13-6-8/h5-6,9-10,15H,1-4,7H2,(H,12,13)(H,14,16)/t9-,10-/m1/s1. The van der Waals surface area contributed by atoms with Crippen LogP contribution in [0.4, 0.5) is 0 Å². The van der Waals surface area contributed by atoms with E-state index >= 15 is 0 Å². The van der Waals surface area contributed by atoms with E-state index in [4.69, 9.17) is 4.74 Å². The lowest BCUT2D eigenvalue weighted by Crippen LogP contribution is -2.49. The van der Waals surface area contributed by atoms with Gasteiger partial charge in [0.2, 0.25) is 5.91 Å². The molecule has 1 amide bonds. The van der Waals surface area contributed by atoms with Gasteiger partial charge in [0.15, 0.2) is 0 Å². The van der Waals surface area contributed by atoms with Crippen molar-refractivity contribution in [1.29, 1.82) is 0 Å². The molecule has 0 radical (unpaired) electrons. The Hall–Kier alpha value is -1.40. The van der Waals surface area contributed by atoms with Crippen LogP contribution < -0.4 is 5.32 Å².